The maximum Gasteiger partial charge on any atom is 0.238 e. The molecule has 2 aromatic carbocycles. The molecule has 0 spiro atoms. The van der Waals surface area contributed by atoms with Crippen molar-refractivity contribution in [2.24, 2.45) is 0 Å². The van der Waals surface area contributed by atoms with Gasteiger partial charge in [0.15, 0.2) is 0 Å². The number of carbonyl (C=O) groups is 1. The van der Waals surface area contributed by atoms with Crippen LogP contribution in [0.15, 0.2) is 42.5 Å². The van der Waals surface area contributed by atoms with Gasteiger partial charge < -0.3 is 0 Å². The third kappa shape index (κ3) is 1.92. The van der Waals surface area contributed by atoms with Gasteiger partial charge in [0, 0.05) is 11.6 Å². The number of hydrogen-bond acceptors (Lipinski definition) is 2. The SMILES string of the molecule is CCC1c2ccccc2C2SCC(=O)N2c2ccc(C)cc21. The van der Waals surface area contributed by atoms with Gasteiger partial charge in [-0.3, -0.25) is 9.69 Å². The van der Waals surface area contributed by atoms with Crippen LogP contribution < -0.4 is 4.90 Å². The minimum absolute atomic E-state index is 0.127. The molecule has 1 amide bonds. The highest BCUT2D eigenvalue weighted by atomic mass is 32.2. The number of thioether (sulfide) groups is 1. The summed E-state index contributed by atoms with van der Waals surface area (Å²) in [6, 6.07) is 15.2. The molecule has 2 atom stereocenters. The number of amides is 1. The Morgan fingerprint density at radius 1 is 1.14 bits per heavy atom. The normalized spacial score (nSPS) is 22.8. The van der Waals surface area contributed by atoms with Gasteiger partial charge in [-0.15, -0.1) is 11.8 Å². The van der Waals surface area contributed by atoms with Crippen molar-refractivity contribution in [3.8, 4) is 0 Å². The van der Waals surface area contributed by atoms with E-state index in [0.29, 0.717) is 11.7 Å². The molecule has 2 aromatic rings. The third-order valence-corrected chi connectivity index (χ3v) is 5.93. The summed E-state index contributed by atoms with van der Waals surface area (Å²) >= 11 is 1.75. The first-order chi connectivity index (χ1) is 10.7. The second kappa shape index (κ2) is 5.17. The van der Waals surface area contributed by atoms with Crippen molar-refractivity contribution in [3.05, 3.63) is 64.7 Å². The molecule has 0 aliphatic carbocycles. The molecular weight excluding hydrogens is 290 g/mol. The average molecular weight is 309 g/mol. The first-order valence-electron chi connectivity index (χ1n) is 7.83. The summed E-state index contributed by atoms with van der Waals surface area (Å²) in [6.45, 7) is 4.36. The number of anilines is 1. The van der Waals surface area contributed by atoms with E-state index in [9.17, 15) is 4.79 Å². The van der Waals surface area contributed by atoms with E-state index in [0.717, 1.165) is 12.1 Å². The summed E-state index contributed by atoms with van der Waals surface area (Å²) in [5.74, 6) is 1.17. The first-order valence-corrected chi connectivity index (χ1v) is 8.88. The highest BCUT2D eigenvalue weighted by molar-refractivity contribution is 8.00. The van der Waals surface area contributed by atoms with Crippen molar-refractivity contribution in [1.82, 2.24) is 0 Å². The second-order valence-corrected chi connectivity index (χ2v) is 7.15. The molecule has 1 saturated heterocycles. The molecule has 0 bridgehead atoms. The van der Waals surface area contributed by atoms with E-state index in [1.54, 1.807) is 11.8 Å². The van der Waals surface area contributed by atoms with Gasteiger partial charge in [0.2, 0.25) is 5.91 Å². The van der Waals surface area contributed by atoms with Crippen LogP contribution in [0.2, 0.25) is 0 Å². The molecule has 112 valence electrons. The van der Waals surface area contributed by atoms with E-state index in [4.69, 9.17) is 0 Å². The van der Waals surface area contributed by atoms with Crippen LogP contribution in [0.3, 0.4) is 0 Å². The Balaban J connectivity index is 2.04. The number of carbonyl (C=O) groups excluding carboxylic acids is 1. The van der Waals surface area contributed by atoms with E-state index in [-0.39, 0.29) is 11.3 Å². The van der Waals surface area contributed by atoms with Crippen molar-refractivity contribution in [1.29, 1.82) is 0 Å². The molecule has 0 radical (unpaired) electrons. The van der Waals surface area contributed by atoms with Crippen molar-refractivity contribution in [2.75, 3.05) is 10.7 Å². The topological polar surface area (TPSA) is 20.3 Å². The molecule has 22 heavy (non-hydrogen) atoms. The van der Waals surface area contributed by atoms with Crippen molar-refractivity contribution in [3.63, 3.8) is 0 Å². The Morgan fingerprint density at radius 2 is 1.91 bits per heavy atom. The number of benzene rings is 2. The number of hydrogen-bond donors (Lipinski definition) is 0. The maximum atomic E-state index is 12.5. The quantitative estimate of drug-likeness (QED) is 0.765. The minimum atomic E-state index is 0.127. The number of rotatable bonds is 1. The molecule has 3 heteroatoms. The lowest BCUT2D eigenvalue weighted by atomic mass is 9.86. The van der Waals surface area contributed by atoms with Crippen LogP contribution in [-0.2, 0) is 4.79 Å². The van der Waals surface area contributed by atoms with Crippen LogP contribution in [0.4, 0.5) is 5.69 Å². The summed E-state index contributed by atoms with van der Waals surface area (Å²) in [7, 11) is 0. The molecule has 2 heterocycles. The number of nitrogens with zero attached hydrogens (tertiary/aromatic N) is 1. The zero-order valence-electron chi connectivity index (χ0n) is 12.9. The predicted molar refractivity (Wildman–Crippen MR) is 92.4 cm³/mol. The highest BCUT2D eigenvalue weighted by Gasteiger charge is 2.40. The van der Waals surface area contributed by atoms with Gasteiger partial charge >= 0.3 is 0 Å². The highest BCUT2D eigenvalue weighted by Crippen LogP contribution is 2.51. The van der Waals surface area contributed by atoms with E-state index >= 15 is 0 Å². The van der Waals surface area contributed by atoms with E-state index in [2.05, 4.69) is 56.3 Å². The second-order valence-electron chi connectivity index (χ2n) is 6.08. The molecule has 0 N–H and O–H groups in total. The third-order valence-electron chi connectivity index (χ3n) is 4.73. The standard InChI is InChI=1S/C19H19NOS/c1-3-13-14-6-4-5-7-15(14)19-20(18(21)11-22-19)17-9-8-12(2)10-16(13)17/h4-10,13,19H,3,11H2,1-2H3. The van der Waals surface area contributed by atoms with Crippen molar-refractivity contribution >= 4 is 23.4 Å². The minimum Gasteiger partial charge on any atom is -0.295 e. The zero-order valence-corrected chi connectivity index (χ0v) is 13.7. The van der Waals surface area contributed by atoms with Gasteiger partial charge in [0.25, 0.3) is 0 Å². The summed E-state index contributed by atoms with van der Waals surface area (Å²) in [5, 5.41) is 0.127. The van der Waals surface area contributed by atoms with E-state index in [1.807, 2.05) is 4.90 Å². The maximum absolute atomic E-state index is 12.5. The smallest absolute Gasteiger partial charge is 0.238 e. The van der Waals surface area contributed by atoms with Crippen molar-refractivity contribution in [2.45, 2.75) is 31.6 Å². The molecular formula is C19H19NOS. The Hall–Kier alpha value is -1.74. The Bertz CT molecular complexity index is 755. The Labute approximate surface area is 135 Å². The molecule has 0 aromatic heterocycles. The van der Waals surface area contributed by atoms with Crippen LogP contribution >= 0.6 is 11.8 Å². The summed E-state index contributed by atoms with van der Waals surface area (Å²) in [4.78, 5) is 14.5. The molecule has 2 aliphatic rings. The zero-order chi connectivity index (χ0) is 15.3. The Morgan fingerprint density at radius 3 is 2.68 bits per heavy atom. The molecule has 0 saturated carbocycles. The summed E-state index contributed by atoms with van der Waals surface area (Å²) < 4.78 is 0. The van der Waals surface area contributed by atoms with Crippen LogP contribution in [-0.4, -0.2) is 11.7 Å². The van der Waals surface area contributed by atoms with E-state index < -0.39 is 0 Å². The molecule has 1 fully saturated rings. The fraction of sp³-hybridized carbons (Fsp3) is 0.316. The van der Waals surface area contributed by atoms with Gasteiger partial charge in [0.05, 0.1) is 5.75 Å². The largest absolute Gasteiger partial charge is 0.295 e. The van der Waals surface area contributed by atoms with E-state index in [1.165, 1.54) is 22.3 Å². The number of fused-ring (bicyclic) bond motifs is 5. The monoisotopic (exact) mass is 309 g/mol. The summed E-state index contributed by atoms with van der Waals surface area (Å²) in [5.41, 5.74) is 6.35. The summed E-state index contributed by atoms with van der Waals surface area (Å²) in [6.07, 6.45) is 1.05. The van der Waals surface area contributed by atoms with Gasteiger partial charge in [-0.2, -0.15) is 0 Å². The molecule has 4 rings (SSSR count). The van der Waals surface area contributed by atoms with Crippen molar-refractivity contribution < 1.29 is 4.79 Å². The fourth-order valence-electron chi connectivity index (χ4n) is 3.75. The average Bonchev–Trinajstić information content (AvgIpc) is 2.85. The molecule has 2 unspecified atom stereocenters. The molecule has 2 aliphatic heterocycles. The van der Waals surface area contributed by atoms with Crippen LogP contribution in [0.5, 0.6) is 0 Å². The van der Waals surface area contributed by atoms with Crippen LogP contribution in [0.1, 0.15) is 46.9 Å². The van der Waals surface area contributed by atoms with Gasteiger partial charge in [-0.1, -0.05) is 48.9 Å². The number of aryl methyl sites for hydroxylation is 1. The first kappa shape index (κ1) is 13.9. The van der Waals surface area contributed by atoms with Crippen LogP contribution in [0.25, 0.3) is 0 Å². The lowest BCUT2D eigenvalue weighted by Gasteiger charge is -2.24. The lowest BCUT2D eigenvalue weighted by Crippen LogP contribution is -2.27. The lowest BCUT2D eigenvalue weighted by molar-refractivity contribution is -0.115. The predicted octanol–water partition coefficient (Wildman–Crippen LogP) is 4.63. The molecule has 2 nitrogen and oxygen atoms in total. The van der Waals surface area contributed by atoms with Gasteiger partial charge in [-0.05, 0) is 36.1 Å². The van der Waals surface area contributed by atoms with Crippen LogP contribution in [0, 0.1) is 6.92 Å². The van der Waals surface area contributed by atoms with Gasteiger partial charge in [0.1, 0.15) is 5.37 Å². The van der Waals surface area contributed by atoms with Gasteiger partial charge in [-0.25, -0.2) is 0 Å². The Kier molecular flexibility index (Phi) is 3.26. The fourth-order valence-corrected chi connectivity index (χ4v) is 4.96.